The molecule has 0 saturated carbocycles. The van der Waals surface area contributed by atoms with E-state index in [-0.39, 0.29) is 22.5 Å². The summed E-state index contributed by atoms with van der Waals surface area (Å²) in [5.74, 6) is 0.0528. The van der Waals surface area contributed by atoms with Gasteiger partial charge in [0.15, 0.2) is 0 Å². The molecule has 3 rings (SSSR count). The number of nitrogens with zero attached hydrogens (tertiary/aromatic N) is 4. The molecule has 29 heavy (non-hydrogen) atoms. The molecule has 2 aromatic rings. The molecular weight excluding hydrogens is 368 g/mol. The maximum absolute atomic E-state index is 12.7. The number of aryl methyl sites for hydroxylation is 2. The van der Waals surface area contributed by atoms with Gasteiger partial charge >= 0.3 is 12.0 Å². The van der Waals surface area contributed by atoms with Crippen LogP contribution in [-0.4, -0.2) is 51.4 Å². The Morgan fingerprint density at radius 2 is 2.00 bits per heavy atom. The fraction of sp³-hybridized carbons (Fsp3) is 0.500. The van der Waals surface area contributed by atoms with Crippen molar-refractivity contribution in [2.75, 3.05) is 13.6 Å². The number of amides is 2. The minimum atomic E-state index is -0.936. The predicted molar refractivity (Wildman–Crippen MR) is 114 cm³/mol. The maximum Gasteiger partial charge on any atom is 0.407 e. The molecule has 156 valence electrons. The summed E-state index contributed by atoms with van der Waals surface area (Å²) in [6.45, 7) is 9.89. The van der Waals surface area contributed by atoms with Crippen LogP contribution in [0, 0.1) is 13.8 Å². The zero-order valence-corrected chi connectivity index (χ0v) is 18.4. The first-order chi connectivity index (χ1) is 13.5. The summed E-state index contributed by atoms with van der Waals surface area (Å²) in [6.07, 6.45) is -0.341. The normalized spacial score (nSPS) is 23.6. The molecule has 1 aromatic carbocycles. The highest BCUT2D eigenvalue weighted by Gasteiger charge is 2.47. The van der Waals surface area contributed by atoms with E-state index in [9.17, 15) is 14.7 Å². The largest absolute Gasteiger partial charge is 0.465 e. The van der Waals surface area contributed by atoms with E-state index in [1.165, 1.54) is 4.90 Å². The van der Waals surface area contributed by atoms with Gasteiger partial charge in [-0.3, -0.25) is 4.68 Å². The van der Waals surface area contributed by atoms with Crippen LogP contribution in [-0.2, 0) is 11.8 Å². The monoisotopic (exact) mass is 399 g/mol. The standard InChI is InChI=1S/C22H30N4O3/c1-8-25(22(28)29)19-11-13(2)26(7,16(5)27)20-10-9-17(12-18(19)20)21-14(3)23-24(6)15(21)4/h9-10,12-13,19H,8,11H2,1-7H3/p+1/t13-,19?,26+/m0/s1. The second-order valence-corrected chi connectivity index (χ2v) is 8.21. The summed E-state index contributed by atoms with van der Waals surface area (Å²) in [5.41, 5.74) is 5.83. The fourth-order valence-corrected chi connectivity index (χ4v) is 4.75. The number of quaternary nitrogens is 1. The molecular formula is C22H31N4O3+. The van der Waals surface area contributed by atoms with Crippen LogP contribution in [0.4, 0.5) is 10.5 Å². The van der Waals surface area contributed by atoms with Gasteiger partial charge in [-0.2, -0.15) is 5.10 Å². The fourth-order valence-electron chi connectivity index (χ4n) is 4.75. The Labute approximate surface area is 172 Å². The third-order valence-electron chi connectivity index (χ3n) is 6.75. The highest BCUT2D eigenvalue weighted by molar-refractivity contribution is 5.89. The highest BCUT2D eigenvalue weighted by Crippen LogP contribution is 2.46. The molecule has 0 spiro atoms. The van der Waals surface area contributed by atoms with Gasteiger partial charge in [0.25, 0.3) is 0 Å². The average molecular weight is 400 g/mol. The van der Waals surface area contributed by atoms with Crippen molar-refractivity contribution in [3.05, 3.63) is 35.2 Å². The second kappa shape index (κ2) is 7.30. The quantitative estimate of drug-likeness (QED) is 0.791. The van der Waals surface area contributed by atoms with E-state index in [1.54, 1.807) is 6.92 Å². The molecule has 0 fully saturated rings. The number of rotatable bonds is 3. The molecule has 0 radical (unpaired) electrons. The third-order valence-corrected chi connectivity index (χ3v) is 6.75. The molecule has 0 saturated heterocycles. The molecule has 1 N–H and O–H groups in total. The van der Waals surface area contributed by atoms with Gasteiger partial charge in [0.2, 0.25) is 0 Å². The van der Waals surface area contributed by atoms with E-state index in [0.29, 0.717) is 13.0 Å². The lowest BCUT2D eigenvalue weighted by molar-refractivity contribution is -0.129. The number of benzene rings is 1. The molecule has 1 aromatic heterocycles. The Balaban J connectivity index is 2.28. The molecule has 0 bridgehead atoms. The van der Waals surface area contributed by atoms with Gasteiger partial charge in [0.05, 0.1) is 31.7 Å². The zero-order valence-electron chi connectivity index (χ0n) is 18.4. The van der Waals surface area contributed by atoms with Gasteiger partial charge in [0.1, 0.15) is 5.69 Å². The molecule has 7 heteroatoms. The Hall–Kier alpha value is -2.67. The Morgan fingerprint density at radius 3 is 2.48 bits per heavy atom. The number of fused-ring (bicyclic) bond motifs is 1. The number of hydrogen-bond acceptors (Lipinski definition) is 3. The highest BCUT2D eigenvalue weighted by atomic mass is 16.4. The van der Waals surface area contributed by atoms with Crippen LogP contribution in [0.15, 0.2) is 18.2 Å². The summed E-state index contributed by atoms with van der Waals surface area (Å²) in [5, 5.41) is 14.3. The number of carbonyl (C=O) groups excluding carboxylic acids is 1. The van der Waals surface area contributed by atoms with Crippen molar-refractivity contribution >= 4 is 17.7 Å². The predicted octanol–water partition coefficient (Wildman–Crippen LogP) is 4.02. The first-order valence-electron chi connectivity index (χ1n) is 10.1. The average Bonchev–Trinajstić information content (AvgIpc) is 2.90. The van der Waals surface area contributed by atoms with E-state index >= 15 is 0 Å². The van der Waals surface area contributed by atoms with E-state index < -0.39 is 6.09 Å². The smallest absolute Gasteiger partial charge is 0.407 e. The number of hydrogen-bond donors (Lipinski definition) is 1. The summed E-state index contributed by atoms with van der Waals surface area (Å²) >= 11 is 0. The van der Waals surface area contributed by atoms with Crippen molar-refractivity contribution in [1.29, 1.82) is 0 Å². The molecule has 1 unspecified atom stereocenters. The SMILES string of the molecule is CCN(C(=O)O)C1C[C@H](C)[N@+](C)(C(C)=O)c2ccc(-c3c(C)nn(C)c3C)cc21. The maximum atomic E-state index is 12.7. The lowest BCUT2D eigenvalue weighted by atomic mass is 9.86. The van der Waals surface area contributed by atoms with E-state index in [0.717, 1.165) is 33.8 Å². The number of aromatic nitrogens is 2. The van der Waals surface area contributed by atoms with Crippen LogP contribution in [0.5, 0.6) is 0 Å². The van der Waals surface area contributed by atoms with Crippen LogP contribution < -0.4 is 4.48 Å². The van der Waals surface area contributed by atoms with Crippen LogP contribution in [0.1, 0.15) is 50.2 Å². The Morgan fingerprint density at radius 1 is 1.34 bits per heavy atom. The van der Waals surface area contributed by atoms with Crippen LogP contribution in [0.25, 0.3) is 11.1 Å². The minimum absolute atomic E-state index is 0.0221. The molecule has 7 nitrogen and oxygen atoms in total. The summed E-state index contributed by atoms with van der Waals surface area (Å²) in [4.78, 5) is 26.1. The molecule has 2 amide bonds. The van der Waals surface area contributed by atoms with E-state index in [1.807, 2.05) is 58.6 Å². The zero-order chi connectivity index (χ0) is 21.7. The van der Waals surface area contributed by atoms with Gasteiger partial charge < -0.3 is 10.0 Å². The first kappa shape index (κ1) is 21.0. The molecule has 1 aliphatic rings. The number of carbonyl (C=O) groups is 2. The molecule has 0 aliphatic carbocycles. The first-order valence-corrected chi connectivity index (χ1v) is 10.1. The van der Waals surface area contributed by atoms with Crippen molar-refractivity contribution in [3.8, 4) is 11.1 Å². The minimum Gasteiger partial charge on any atom is -0.465 e. The van der Waals surface area contributed by atoms with Gasteiger partial charge in [-0.05, 0) is 45.4 Å². The molecule has 3 atom stereocenters. The lowest BCUT2D eigenvalue weighted by Crippen LogP contribution is -2.60. The van der Waals surface area contributed by atoms with Gasteiger partial charge in [-0.1, -0.05) is 0 Å². The van der Waals surface area contributed by atoms with Crippen LogP contribution >= 0.6 is 0 Å². The third kappa shape index (κ3) is 3.13. The van der Waals surface area contributed by atoms with E-state index in [2.05, 4.69) is 11.2 Å². The summed E-state index contributed by atoms with van der Waals surface area (Å²) in [6, 6.07) is 5.78. The lowest BCUT2D eigenvalue weighted by Gasteiger charge is -2.45. The van der Waals surface area contributed by atoms with Gasteiger partial charge in [0, 0.05) is 42.9 Å². The number of carboxylic acid groups (broad SMARTS) is 1. The van der Waals surface area contributed by atoms with Crippen molar-refractivity contribution in [2.24, 2.45) is 7.05 Å². The topological polar surface area (TPSA) is 75.4 Å². The Kier molecular flexibility index (Phi) is 5.30. The Bertz CT molecular complexity index is 981. The van der Waals surface area contributed by atoms with Crippen molar-refractivity contribution in [2.45, 2.75) is 53.1 Å². The van der Waals surface area contributed by atoms with Crippen LogP contribution in [0.2, 0.25) is 0 Å². The molecule has 1 aliphatic heterocycles. The van der Waals surface area contributed by atoms with Gasteiger partial charge in [-0.15, -0.1) is 0 Å². The van der Waals surface area contributed by atoms with Crippen molar-refractivity contribution in [3.63, 3.8) is 0 Å². The van der Waals surface area contributed by atoms with E-state index in [4.69, 9.17) is 0 Å². The summed E-state index contributed by atoms with van der Waals surface area (Å²) in [7, 11) is 3.85. The van der Waals surface area contributed by atoms with Crippen molar-refractivity contribution < 1.29 is 14.7 Å². The van der Waals surface area contributed by atoms with Gasteiger partial charge in [-0.25, -0.2) is 14.1 Å². The van der Waals surface area contributed by atoms with Crippen molar-refractivity contribution in [1.82, 2.24) is 19.2 Å². The summed E-state index contributed by atoms with van der Waals surface area (Å²) < 4.78 is 2.03. The second-order valence-electron chi connectivity index (χ2n) is 8.21. The van der Waals surface area contributed by atoms with Crippen LogP contribution in [0.3, 0.4) is 0 Å². The molecule has 2 heterocycles.